The fraction of sp³-hybridized carbons (Fsp3) is 0.750. The van der Waals surface area contributed by atoms with Crippen LogP contribution in [-0.2, 0) is 9.53 Å². The van der Waals surface area contributed by atoms with Gasteiger partial charge in [0.25, 0.3) is 0 Å². The van der Waals surface area contributed by atoms with Gasteiger partial charge in [0.2, 0.25) is 5.91 Å². The molecule has 2 fully saturated rings. The molecule has 3 aliphatic rings. The van der Waals surface area contributed by atoms with Gasteiger partial charge in [-0.2, -0.15) is 0 Å². The number of nitrogens with zero attached hydrogens (tertiary/aromatic N) is 1. The Morgan fingerprint density at radius 3 is 3.13 bits per heavy atom. The van der Waals surface area contributed by atoms with Crippen LogP contribution in [0.15, 0.2) is 12.2 Å². The Balaban J connectivity index is 1.94. The number of hydrogen-bond donors (Lipinski definition) is 0. The Labute approximate surface area is 90.1 Å². The van der Waals surface area contributed by atoms with E-state index in [1.165, 1.54) is 0 Å². The average molecular weight is 207 g/mol. The van der Waals surface area contributed by atoms with Crippen molar-refractivity contribution in [3.05, 3.63) is 12.2 Å². The molecule has 0 aromatic rings. The van der Waals surface area contributed by atoms with Crippen molar-refractivity contribution < 1.29 is 9.53 Å². The van der Waals surface area contributed by atoms with E-state index in [9.17, 15) is 4.79 Å². The molecule has 82 valence electrons. The maximum atomic E-state index is 11.9. The first kappa shape index (κ1) is 9.40. The van der Waals surface area contributed by atoms with Crippen molar-refractivity contribution in [2.75, 3.05) is 6.61 Å². The highest BCUT2D eigenvalue weighted by Gasteiger charge is 2.51. The Bertz CT molecular complexity index is 326. The van der Waals surface area contributed by atoms with Crippen LogP contribution in [0.25, 0.3) is 0 Å². The smallest absolute Gasteiger partial charge is 0.225 e. The number of ether oxygens (including phenoxy) is 1. The molecule has 15 heavy (non-hydrogen) atoms. The summed E-state index contributed by atoms with van der Waals surface area (Å²) in [6.45, 7) is 2.88. The third-order valence-electron chi connectivity index (χ3n) is 4.05. The predicted molar refractivity (Wildman–Crippen MR) is 56.1 cm³/mol. The fourth-order valence-electron chi connectivity index (χ4n) is 3.16. The Morgan fingerprint density at radius 2 is 2.27 bits per heavy atom. The minimum Gasteiger partial charge on any atom is -0.355 e. The first-order valence-electron chi connectivity index (χ1n) is 5.82. The number of allylic oxidation sites excluding steroid dienone is 1. The van der Waals surface area contributed by atoms with Crippen LogP contribution in [0.3, 0.4) is 0 Å². The molecule has 0 bridgehead atoms. The zero-order chi connectivity index (χ0) is 10.5. The topological polar surface area (TPSA) is 29.5 Å². The van der Waals surface area contributed by atoms with E-state index < -0.39 is 0 Å². The molecule has 0 spiro atoms. The Morgan fingerprint density at radius 1 is 1.47 bits per heavy atom. The predicted octanol–water partition coefficient (Wildman–Crippen LogP) is 1.69. The third-order valence-corrected chi connectivity index (χ3v) is 4.05. The number of hydrogen-bond acceptors (Lipinski definition) is 2. The van der Waals surface area contributed by atoms with E-state index in [1.54, 1.807) is 0 Å². The summed E-state index contributed by atoms with van der Waals surface area (Å²) in [6, 6.07) is 0.392. The molecule has 0 aromatic carbocycles. The normalized spacial score (nSPS) is 44.1. The van der Waals surface area contributed by atoms with E-state index >= 15 is 0 Å². The van der Waals surface area contributed by atoms with E-state index in [0.717, 1.165) is 25.9 Å². The quantitative estimate of drug-likeness (QED) is 0.566. The molecule has 1 aliphatic carbocycles. The van der Waals surface area contributed by atoms with Gasteiger partial charge in [0.15, 0.2) is 0 Å². The highest BCUT2D eigenvalue weighted by molar-refractivity contribution is 5.79. The molecule has 2 aliphatic heterocycles. The second kappa shape index (κ2) is 3.08. The maximum Gasteiger partial charge on any atom is 0.225 e. The van der Waals surface area contributed by atoms with E-state index in [2.05, 4.69) is 19.1 Å². The molecule has 3 rings (SSSR count). The largest absolute Gasteiger partial charge is 0.355 e. The van der Waals surface area contributed by atoms with Crippen molar-refractivity contribution in [1.29, 1.82) is 0 Å². The Hall–Kier alpha value is -0.830. The van der Waals surface area contributed by atoms with Crippen molar-refractivity contribution in [3.63, 3.8) is 0 Å². The van der Waals surface area contributed by atoms with Crippen LogP contribution in [0, 0.1) is 5.92 Å². The molecule has 0 N–H and O–H groups in total. The van der Waals surface area contributed by atoms with Gasteiger partial charge in [-0.25, -0.2) is 0 Å². The molecule has 1 amide bonds. The molecule has 3 atom stereocenters. The number of amides is 1. The van der Waals surface area contributed by atoms with Crippen molar-refractivity contribution in [1.82, 2.24) is 4.90 Å². The second-order valence-electron chi connectivity index (χ2n) is 5.02. The minimum atomic E-state index is -0.302. The van der Waals surface area contributed by atoms with Crippen LogP contribution in [0.4, 0.5) is 0 Å². The van der Waals surface area contributed by atoms with Crippen LogP contribution in [0.2, 0.25) is 0 Å². The summed E-state index contributed by atoms with van der Waals surface area (Å²) in [5.41, 5.74) is -0.302. The lowest BCUT2D eigenvalue weighted by Crippen LogP contribution is -2.59. The second-order valence-corrected chi connectivity index (χ2v) is 5.02. The van der Waals surface area contributed by atoms with Crippen LogP contribution < -0.4 is 0 Å². The van der Waals surface area contributed by atoms with Crippen molar-refractivity contribution in [2.45, 2.75) is 44.4 Å². The first-order chi connectivity index (χ1) is 7.21. The molecule has 3 heteroatoms. The minimum absolute atomic E-state index is 0.280. The SMILES string of the molecule is C[C@]12CCC(=O)N1[C@@H]1CC=CC[C@@H]1CO2. The summed E-state index contributed by atoms with van der Waals surface area (Å²) in [7, 11) is 0. The van der Waals surface area contributed by atoms with Gasteiger partial charge in [0, 0.05) is 24.8 Å². The maximum absolute atomic E-state index is 11.9. The standard InChI is InChI=1S/C12H17NO2/c1-12-7-6-11(14)13(12)10-5-3-2-4-9(10)8-15-12/h2-3,9-10H,4-8H2,1H3/t9-,10-,12+/m1/s1. The van der Waals surface area contributed by atoms with E-state index in [4.69, 9.17) is 4.74 Å². The van der Waals surface area contributed by atoms with Gasteiger partial charge in [-0.15, -0.1) is 0 Å². The van der Waals surface area contributed by atoms with Gasteiger partial charge in [-0.3, -0.25) is 4.79 Å². The monoisotopic (exact) mass is 207 g/mol. The summed E-state index contributed by atoms with van der Waals surface area (Å²) >= 11 is 0. The number of carbonyl (C=O) groups is 1. The number of rotatable bonds is 0. The number of carbonyl (C=O) groups excluding carboxylic acids is 1. The highest BCUT2D eigenvalue weighted by atomic mass is 16.5. The van der Waals surface area contributed by atoms with Gasteiger partial charge in [0.05, 0.1) is 6.61 Å². The lowest BCUT2D eigenvalue weighted by atomic mass is 9.86. The number of fused-ring (bicyclic) bond motifs is 3. The van der Waals surface area contributed by atoms with Crippen molar-refractivity contribution >= 4 is 5.91 Å². The van der Waals surface area contributed by atoms with Gasteiger partial charge in [0.1, 0.15) is 5.72 Å². The third kappa shape index (κ3) is 1.26. The van der Waals surface area contributed by atoms with Gasteiger partial charge < -0.3 is 9.64 Å². The summed E-state index contributed by atoms with van der Waals surface area (Å²) in [4.78, 5) is 13.9. The Kier molecular flexibility index (Phi) is 1.93. The van der Waals surface area contributed by atoms with E-state index in [0.29, 0.717) is 18.4 Å². The summed E-state index contributed by atoms with van der Waals surface area (Å²) in [5, 5.41) is 0. The fourth-order valence-corrected chi connectivity index (χ4v) is 3.16. The van der Waals surface area contributed by atoms with E-state index in [1.807, 2.05) is 4.90 Å². The molecular weight excluding hydrogens is 190 g/mol. The molecule has 2 heterocycles. The van der Waals surface area contributed by atoms with Gasteiger partial charge in [-0.1, -0.05) is 12.2 Å². The molecule has 0 unspecified atom stereocenters. The molecule has 0 aromatic heterocycles. The van der Waals surface area contributed by atoms with Gasteiger partial charge in [-0.05, 0) is 19.8 Å². The van der Waals surface area contributed by atoms with Crippen LogP contribution in [0.1, 0.15) is 32.6 Å². The molecule has 3 nitrogen and oxygen atoms in total. The molecule has 0 radical (unpaired) electrons. The zero-order valence-electron chi connectivity index (χ0n) is 9.11. The highest BCUT2D eigenvalue weighted by Crippen LogP contribution is 2.42. The van der Waals surface area contributed by atoms with Crippen molar-refractivity contribution in [2.24, 2.45) is 5.92 Å². The summed E-state index contributed by atoms with van der Waals surface area (Å²) in [6.07, 6.45) is 8.01. The summed E-state index contributed by atoms with van der Waals surface area (Å²) in [5.74, 6) is 0.799. The molecule has 0 saturated carbocycles. The van der Waals surface area contributed by atoms with E-state index in [-0.39, 0.29) is 11.6 Å². The van der Waals surface area contributed by atoms with Crippen LogP contribution in [0.5, 0.6) is 0 Å². The lowest BCUT2D eigenvalue weighted by Gasteiger charge is -2.49. The first-order valence-corrected chi connectivity index (χ1v) is 5.82. The molecular formula is C12H17NO2. The molecule has 2 saturated heterocycles. The summed E-state index contributed by atoms with van der Waals surface area (Å²) < 4.78 is 5.90. The van der Waals surface area contributed by atoms with Crippen LogP contribution >= 0.6 is 0 Å². The average Bonchev–Trinajstić information content (AvgIpc) is 2.56. The zero-order valence-corrected chi connectivity index (χ0v) is 9.11. The van der Waals surface area contributed by atoms with Gasteiger partial charge >= 0.3 is 0 Å². The van der Waals surface area contributed by atoms with Crippen molar-refractivity contribution in [3.8, 4) is 0 Å². The van der Waals surface area contributed by atoms with Crippen LogP contribution in [-0.4, -0.2) is 29.2 Å². The lowest BCUT2D eigenvalue weighted by molar-refractivity contribution is -0.201.